The fourth-order valence-electron chi connectivity index (χ4n) is 1.92. The molecule has 0 aliphatic carbocycles. The van der Waals surface area contributed by atoms with E-state index in [9.17, 15) is 0 Å². The Morgan fingerprint density at radius 2 is 2.18 bits per heavy atom. The summed E-state index contributed by atoms with van der Waals surface area (Å²) >= 11 is 6.09. The van der Waals surface area contributed by atoms with Crippen LogP contribution >= 0.6 is 11.6 Å². The first-order chi connectivity index (χ1) is 8.13. The molecular formula is C13H20ClNO2. The summed E-state index contributed by atoms with van der Waals surface area (Å²) in [7, 11) is 1.70. The van der Waals surface area contributed by atoms with Crippen LogP contribution in [0.2, 0.25) is 5.02 Å². The maximum absolute atomic E-state index is 9.08. The molecule has 0 amide bonds. The van der Waals surface area contributed by atoms with Crippen molar-refractivity contribution in [2.75, 3.05) is 25.2 Å². The Balaban J connectivity index is 2.92. The molecule has 0 heterocycles. The van der Waals surface area contributed by atoms with Crippen LogP contribution in [0.5, 0.6) is 0 Å². The second-order valence-electron chi connectivity index (χ2n) is 4.02. The molecule has 3 nitrogen and oxygen atoms in total. The summed E-state index contributed by atoms with van der Waals surface area (Å²) in [6.45, 7) is 5.74. The molecule has 0 spiro atoms. The molecule has 4 heteroatoms. The third-order valence-corrected chi connectivity index (χ3v) is 3.17. The molecule has 0 saturated heterocycles. The van der Waals surface area contributed by atoms with Crippen molar-refractivity contribution < 1.29 is 9.84 Å². The van der Waals surface area contributed by atoms with Gasteiger partial charge in [0.2, 0.25) is 0 Å². The number of hydrogen-bond donors (Lipinski definition) is 1. The van der Waals surface area contributed by atoms with Crippen molar-refractivity contribution in [2.24, 2.45) is 0 Å². The van der Waals surface area contributed by atoms with E-state index < -0.39 is 0 Å². The van der Waals surface area contributed by atoms with Gasteiger partial charge >= 0.3 is 0 Å². The first kappa shape index (κ1) is 14.3. The topological polar surface area (TPSA) is 32.7 Å². The molecule has 0 aliphatic heterocycles. The molecule has 0 radical (unpaired) electrons. The second-order valence-corrected chi connectivity index (χ2v) is 4.43. The highest BCUT2D eigenvalue weighted by Crippen LogP contribution is 2.25. The van der Waals surface area contributed by atoms with Gasteiger partial charge in [0.15, 0.2) is 0 Å². The fraction of sp³-hybridized carbons (Fsp3) is 0.538. The lowest BCUT2D eigenvalue weighted by Crippen LogP contribution is -2.36. The van der Waals surface area contributed by atoms with Gasteiger partial charge in [0, 0.05) is 30.4 Å². The summed E-state index contributed by atoms with van der Waals surface area (Å²) in [6.07, 6.45) is 0. The van der Waals surface area contributed by atoms with Gasteiger partial charge in [0.25, 0.3) is 0 Å². The number of rotatable bonds is 6. The molecule has 1 atom stereocenters. The summed E-state index contributed by atoms with van der Waals surface area (Å²) in [5.41, 5.74) is 1.81. The minimum Gasteiger partial charge on any atom is -0.392 e. The predicted octanol–water partition coefficient (Wildman–Crippen LogP) is 2.69. The summed E-state index contributed by atoms with van der Waals surface area (Å²) in [5.74, 6) is 0. The number of ether oxygens (including phenoxy) is 1. The molecule has 0 fully saturated rings. The van der Waals surface area contributed by atoms with Gasteiger partial charge in [0.05, 0.1) is 13.2 Å². The van der Waals surface area contributed by atoms with Crippen LogP contribution in [-0.4, -0.2) is 31.4 Å². The molecule has 0 aromatic heterocycles. The monoisotopic (exact) mass is 257 g/mol. The minimum atomic E-state index is -0.0289. The van der Waals surface area contributed by atoms with Crippen molar-refractivity contribution >= 4 is 17.3 Å². The summed E-state index contributed by atoms with van der Waals surface area (Å²) in [5, 5.41) is 9.69. The predicted molar refractivity (Wildman–Crippen MR) is 71.7 cm³/mol. The van der Waals surface area contributed by atoms with Crippen LogP contribution in [0.15, 0.2) is 18.2 Å². The summed E-state index contributed by atoms with van der Waals surface area (Å²) < 4.78 is 5.17. The lowest BCUT2D eigenvalue weighted by atomic mass is 10.1. The van der Waals surface area contributed by atoms with Crippen molar-refractivity contribution in [3.8, 4) is 0 Å². The van der Waals surface area contributed by atoms with Gasteiger partial charge in [-0.2, -0.15) is 0 Å². The highest BCUT2D eigenvalue weighted by Gasteiger charge is 2.13. The molecule has 17 heavy (non-hydrogen) atoms. The maximum Gasteiger partial charge on any atom is 0.0696 e. The maximum atomic E-state index is 9.08. The number of anilines is 1. The van der Waals surface area contributed by atoms with E-state index in [-0.39, 0.29) is 6.61 Å². The molecule has 1 unspecified atom stereocenters. The molecule has 1 aromatic carbocycles. The average Bonchev–Trinajstić information content (AvgIpc) is 2.30. The molecular weight excluding hydrogens is 238 g/mol. The van der Waals surface area contributed by atoms with Gasteiger partial charge in [-0.15, -0.1) is 0 Å². The van der Waals surface area contributed by atoms with Crippen LogP contribution in [0, 0.1) is 0 Å². The Morgan fingerprint density at radius 3 is 2.65 bits per heavy atom. The molecule has 1 aromatic rings. The van der Waals surface area contributed by atoms with Crippen molar-refractivity contribution in [3.05, 3.63) is 28.8 Å². The molecule has 1 N–H and O–H groups in total. The zero-order valence-electron chi connectivity index (χ0n) is 10.6. The van der Waals surface area contributed by atoms with Crippen molar-refractivity contribution in [1.29, 1.82) is 0 Å². The van der Waals surface area contributed by atoms with Crippen LogP contribution in [0.25, 0.3) is 0 Å². The molecule has 0 saturated carbocycles. The van der Waals surface area contributed by atoms with Crippen LogP contribution < -0.4 is 4.90 Å². The van der Waals surface area contributed by atoms with Gasteiger partial charge in [-0.1, -0.05) is 17.7 Å². The molecule has 0 aliphatic rings. The highest BCUT2D eigenvalue weighted by molar-refractivity contribution is 6.31. The number of nitrogens with zero attached hydrogens (tertiary/aromatic N) is 1. The number of benzene rings is 1. The molecule has 0 bridgehead atoms. The van der Waals surface area contributed by atoms with Gasteiger partial charge in [-0.05, 0) is 31.5 Å². The van der Waals surface area contributed by atoms with Gasteiger partial charge in [-0.3, -0.25) is 0 Å². The summed E-state index contributed by atoms with van der Waals surface area (Å²) in [6, 6.07) is 6.02. The number of hydrogen-bond acceptors (Lipinski definition) is 3. The Morgan fingerprint density at radius 1 is 1.47 bits per heavy atom. The summed E-state index contributed by atoms with van der Waals surface area (Å²) in [4.78, 5) is 2.22. The van der Waals surface area contributed by atoms with Gasteiger partial charge in [0.1, 0.15) is 0 Å². The smallest absolute Gasteiger partial charge is 0.0696 e. The van der Waals surface area contributed by atoms with E-state index in [1.54, 1.807) is 7.11 Å². The number of aliphatic hydroxyl groups excluding tert-OH is 1. The first-order valence-electron chi connectivity index (χ1n) is 5.78. The number of aliphatic hydroxyl groups is 1. The van der Waals surface area contributed by atoms with Crippen LogP contribution in [0.3, 0.4) is 0 Å². The van der Waals surface area contributed by atoms with Crippen molar-refractivity contribution in [1.82, 2.24) is 0 Å². The van der Waals surface area contributed by atoms with Crippen LogP contribution in [0.1, 0.15) is 19.4 Å². The normalized spacial score (nSPS) is 12.5. The van der Waals surface area contributed by atoms with Crippen molar-refractivity contribution in [3.63, 3.8) is 0 Å². The Bertz CT molecular complexity index is 357. The molecule has 1 rings (SSSR count). The lowest BCUT2D eigenvalue weighted by molar-refractivity contribution is 0.182. The minimum absolute atomic E-state index is 0.0289. The lowest BCUT2D eigenvalue weighted by Gasteiger charge is -2.30. The van der Waals surface area contributed by atoms with E-state index in [2.05, 4.69) is 18.7 Å². The van der Waals surface area contributed by atoms with E-state index >= 15 is 0 Å². The molecule has 96 valence electrons. The number of methoxy groups -OCH3 is 1. The Kier molecular flexibility index (Phi) is 5.75. The van der Waals surface area contributed by atoms with E-state index in [4.69, 9.17) is 21.4 Å². The third kappa shape index (κ3) is 3.60. The highest BCUT2D eigenvalue weighted by atomic mass is 35.5. The number of halogens is 1. The fourth-order valence-corrected chi connectivity index (χ4v) is 2.16. The SMILES string of the molecule is CCN(c1ccc(CO)c(Cl)c1)C(C)COC. The first-order valence-corrected chi connectivity index (χ1v) is 6.16. The standard InChI is InChI=1S/C13H20ClNO2/c1-4-15(10(2)9-17-3)12-6-5-11(8-16)13(14)7-12/h5-7,10,16H,4,8-9H2,1-3H3. The van der Waals surface area contributed by atoms with Crippen LogP contribution in [-0.2, 0) is 11.3 Å². The number of likely N-dealkylation sites (N-methyl/N-ethyl adjacent to an activating group) is 1. The average molecular weight is 258 g/mol. The van der Waals surface area contributed by atoms with E-state index in [1.807, 2.05) is 18.2 Å². The van der Waals surface area contributed by atoms with Crippen molar-refractivity contribution in [2.45, 2.75) is 26.5 Å². The van der Waals surface area contributed by atoms with Crippen LogP contribution in [0.4, 0.5) is 5.69 Å². The largest absolute Gasteiger partial charge is 0.392 e. The van der Waals surface area contributed by atoms with Gasteiger partial charge < -0.3 is 14.7 Å². The van der Waals surface area contributed by atoms with E-state index in [0.717, 1.165) is 17.8 Å². The van der Waals surface area contributed by atoms with E-state index in [0.29, 0.717) is 17.7 Å². The Hall–Kier alpha value is -0.770. The van der Waals surface area contributed by atoms with E-state index in [1.165, 1.54) is 0 Å². The van der Waals surface area contributed by atoms with Gasteiger partial charge in [-0.25, -0.2) is 0 Å². The quantitative estimate of drug-likeness (QED) is 0.851. The zero-order chi connectivity index (χ0) is 12.8. The third-order valence-electron chi connectivity index (χ3n) is 2.82. The Labute approximate surface area is 108 Å². The second kappa shape index (κ2) is 6.84. The zero-order valence-corrected chi connectivity index (χ0v) is 11.4.